The number of hydrogen-bond acceptors (Lipinski definition) is 4. The van der Waals surface area contributed by atoms with Gasteiger partial charge in [-0.25, -0.2) is 0 Å². The first-order chi connectivity index (χ1) is 24.2. The summed E-state index contributed by atoms with van der Waals surface area (Å²) in [6.45, 7) is 0. The topological polar surface area (TPSA) is 34.4 Å². The van der Waals surface area contributed by atoms with Crippen molar-refractivity contribution >= 4 is 101 Å². The predicted molar refractivity (Wildman–Crippen MR) is 211 cm³/mol. The molecule has 0 radical (unpaired) electrons. The normalized spacial score (nSPS) is 12.2. The van der Waals surface area contributed by atoms with Gasteiger partial charge in [0.2, 0.25) is 0 Å². The Hall–Kier alpha value is -5.88. The maximum Gasteiger partial charge on any atom is 0.281 e. The molecule has 3 nitrogen and oxygen atoms in total. The molecule has 11 rings (SSSR count). The van der Waals surface area contributed by atoms with Crippen LogP contribution >= 0.6 is 22.7 Å². The van der Waals surface area contributed by atoms with Crippen LogP contribution in [0.5, 0.6) is 0 Å². The third kappa shape index (κ3) is 3.83. The molecule has 0 amide bonds. The lowest BCUT2D eigenvalue weighted by molar-refractivity contribution is 1.19. The lowest BCUT2D eigenvalue weighted by Gasteiger charge is -2.16. The lowest BCUT2D eigenvalue weighted by atomic mass is 9.96. The van der Waals surface area contributed by atoms with Gasteiger partial charge in [0.15, 0.2) is 0 Å². The Balaban J connectivity index is 1.20. The van der Waals surface area contributed by atoms with Crippen molar-refractivity contribution in [2.45, 2.75) is 0 Å². The van der Waals surface area contributed by atoms with Crippen LogP contribution in [0.2, 0.25) is 0 Å². The fourth-order valence-corrected chi connectivity index (χ4v) is 10.1. The summed E-state index contributed by atoms with van der Waals surface area (Å²) >= 11 is 3.65. The van der Waals surface area contributed by atoms with Gasteiger partial charge in [-0.3, -0.25) is 9.20 Å². The first kappa shape index (κ1) is 27.1. The van der Waals surface area contributed by atoms with Crippen LogP contribution in [0.3, 0.4) is 0 Å². The summed E-state index contributed by atoms with van der Waals surface area (Å²) in [7, 11) is 0. The van der Waals surface area contributed by atoms with Gasteiger partial charge in [-0.15, -0.1) is 22.7 Å². The van der Waals surface area contributed by atoms with Crippen molar-refractivity contribution in [3.05, 3.63) is 156 Å². The highest BCUT2D eigenvalue weighted by molar-refractivity contribution is 7.26. The van der Waals surface area contributed by atoms with Gasteiger partial charge >= 0.3 is 0 Å². The molecule has 0 aliphatic heterocycles. The van der Waals surface area contributed by atoms with E-state index >= 15 is 0 Å². The summed E-state index contributed by atoms with van der Waals surface area (Å²) in [4.78, 5) is 18.7. The second-order valence-corrected chi connectivity index (χ2v) is 14.8. The van der Waals surface area contributed by atoms with Crippen LogP contribution in [-0.4, -0.2) is 9.38 Å². The average molecular weight is 661 g/mol. The number of benzene rings is 7. The molecule has 0 aliphatic rings. The van der Waals surface area contributed by atoms with E-state index in [1.54, 1.807) is 11.3 Å². The summed E-state index contributed by atoms with van der Waals surface area (Å²) in [5.74, 6) is 0. The average Bonchev–Trinajstić information content (AvgIpc) is 3.73. The van der Waals surface area contributed by atoms with Gasteiger partial charge < -0.3 is 0 Å². The first-order valence-electron chi connectivity index (χ1n) is 16.3. The smallest absolute Gasteiger partial charge is 0.281 e. The second kappa shape index (κ2) is 10.1. The number of thiophene rings is 2. The van der Waals surface area contributed by atoms with E-state index in [4.69, 9.17) is 4.98 Å². The van der Waals surface area contributed by atoms with E-state index in [0.717, 1.165) is 38.3 Å². The van der Waals surface area contributed by atoms with E-state index in [-0.39, 0.29) is 5.56 Å². The van der Waals surface area contributed by atoms with Crippen molar-refractivity contribution in [1.82, 2.24) is 9.38 Å². The Labute approximate surface area is 287 Å². The van der Waals surface area contributed by atoms with Gasteiger partial charge in [-0.05, 0) is 76.2 Å². The molecule has 4 aromatic heterocycles. The Bertz CT molecular complexity index is 3260. The van der Waals surface area contributed by atoms with E-state index in [0.29, 0.717) is 11.0 Å². The summed E-state index contributed by atoms with van der Waals surface area (Å²) in [6, 6.07) is 51.7. The number of pyridine rings is 1. The van der Waals surface area contributed by atoms with Crippen LogP contribution in [0.4, 0.5) is 0 Å². The zero-order chi connectivity index (χ0) is 32.2. The van der Waals surface area contributed by atoms with Gasteiger partial charge in [-0.2, -0.15) is 4.98 Å². The largest absolute Gasteiger partial charge is 0.293 e. The van der Waals surface area contributed by atoms with Crippen molar-refractivity contribution in [2.75, 3.05) is 0 Å². The summed E-state index contributed by atoms with van der Waals surface area (Å²) < 4.78 is 7.28. The zero-order valence-electron chi connectivity index (χ0n) is 26.0. The molecule has 0 saturated heterocycles. The minimum Gasteiger partial charge on any atom is -0.293 e. The van der Waals surface area contributed by atoms with Gasteiger partial charge in [0.1, 0.15) is 5.65 Å². The Morgan fingerprint density at radius 2 is 0.918 bits per heavy atom. The van der Waals surface area contributed by atoms with Crippen molar-refractivity contribution in [1.29, 1.82) is 0 Å². The van der Waals surface area contributed by atoms with Gasteiger partial charge in [0, 0.05) is 51.1 Å². The summed E-state index contributed by atoms with van der Waals surface area (Å²) in [5.41, 5.74) is 6.89. The molecular formula is C44H24N2OS2. The molecular weight excluding hydrogens is 637 g/mol. The van der Waals surface area contributed by atoms with Crippen LogP contribution in [0, 0.1) is 0 Å². The molecule has 11 aromatic rings. The van der Waals surface area contributed by atoms with Crippen molar-refractivity contribution in [3.63, 3.8) is 0 Å². The highest BCUT2D eigenvalue weighted by atomic mass is 32.1. The predicted octanol–water partition coefficient (Wildman–Crippen LogP) is 12.2. The molecule has 0 fully saturated rings. The number of nitrogens with zero attached hydrogens (tertiary/aromatic N) is 2. The van der Waals surface area contributed by atoms with Gasteiger partial charge in [0.05, 0.1) is 16.4 Å². The summed E-state index contributed by atoms with van der Waals surface area (Å²) in [5, 5.41) is 8.84. The van der Waals surface area contributed by atoms with Crippen LogP contribution in [0.15, 0.2) is 150 Å². The van der Waals surface area contributed by atoms with E-state index < -0.39 is 0 Å². The van der Waals surface area contributed by atoms with E-state index in [1.165, 1.54) is 51.5 Å². The maximum atomic E-state index is 13.9. The number of fused-ring (bicyclic) bond motifs is 14. The van der Waals surface area contributed by atoms with E-state index in [2.05, 4.69) is 138 Å². The summed E-state index contributed by atoms with van der Waals surface area (Å²) in [6.07, 6.45) is 0. The molecule has 0 spiro atoms. The fraction of sp³-hybridized carbons (Fsp3) is 0. The third-order valence-electron chi connectivity index (χ3n) is 10.0. The minimum absolute atomic E-state index is 0.212. The van der Waals surface area contributed by atoms with Crippen LogP contribution in [-0.2, 0) is 0 Å². The Morgan fingerprint density at radius 3 is 1.53 bits per heavy atom. The molecule has 0 bridgehead atoms. The Kier molecular flexibility index (Phi) is 5.57. The monoisotopic (exact) mass is 660 g/mol. The highest BCUT2D eigenvalue weighted by Gasteiger charge is 2.18. The number of rotatable bonds is 2. The lowest BCUT2D eigenvalue weighted by Crippen LogP contribution is -2.12. The Morgan fingerprint density at radius 1 is 0.429 bits per heavy atom. The van der Waals surface area contributed by atoms with Crippen LogP contribution in [0.1, 0.15) is 0 Å². The SMILES string of the molecule is O=c1nc2c3ccccc3c3cc(-c4cccc5sc6ccccc6c45)ccc3n2c2ccc(-c3cccc4sc5ccccc5c34)cc12. The van der Waals surface area contributed by atoms with Crippen LogP contribution in [0.25, 0.3) is 101 Å². The third-order valence-corrected chi connectivity index (χ3v) is 12.3. The van der Waals surface area contributed by atoms with Crippen molar-refractivity contribution < 1.29 is 0 Å². The number of aromatic nitrogens is 2. The molecule has 0 atom stereocenters. The fourth-order valence-electron chi connectivity index (χ4n) is 7.87. The van der Waals surface area contributed by atoms with Crippen molar-refractivity contribution in [2.24, 2.45) is 0 Å². The van der Waals surface area contributed by atoms with Crippen molar-refractivity contribution in [3.8, 4) is 22.3 Å². The van der Waals surface area contributed by atoms with E-state index in [1.807, 2.05) is 23.5 Å². The zero-order valence-corrected chi connectivity index (χ0v) is 27.6. The number of hydrogen-bond donors (Lipinski definition) is 0. The molecule has 0 N–H and O–H groups in total. The molecule has 0 unspecified atom stereocenters. The molecule has 4 heterocycles. The first-order valence-corrected chi connectivity index (χ1v) is 18.0. The molecule has 5 heteroatoms. The van der Waals surface area contributed by atoms with Gasteiger partial charge in [0.25, 0.3) is 5.56 Å². The maximum absolute atomic E-state index is 13.9. The molecule has 228 valence electrons. The van der Waals surface area contributed by atoms with Crippen LogP contribution < -0.4 is 5.56 Å². The van der Waals surface area contributed by atoms with Gasteiger partial charge in [-0.1, -0.05) is 97.1 Å². The highest BCUT2D eigenvalue weighted by Crippen LogP contribution is 2.43. The quantitative estimate of drug-likeness (QED) is 0.173. The molecule has 49 heavy (non-hydrogen) atoms. The molecule has 0 aliphatic carbocycles. The minimum atomic E-state index is -0.212. The standard InChI is InChI=1S/C44H24N2OS2/c47-44-34-24-26(28-14-8-18-40-42(28)32-12-4-6-16-38(32)49-40)20-22-36(34)46-35-21-19-25(23-33(35)29-9-1-2-10-30(29)43(46)45-44)27-13-7-17-39-41(27)31-11-3-5-15-37(31)48-39/h1-24H. The van der Waals surface area contributed by atoms with E-state index in [9.17, 15) is 4.79 Å². The molecule has 0 saturated carbocycles. The molecule has 7 aromatic carbocycles. The second-order valence-electron chi connectivity index (χ2n) is 12.6.